The second kappa shape index (κ2) is 3.88. The summed E-state index contributed by atoms with van der Waals surface area (Å²) < 4.78 is 37.0. The standard InChI is InChI=1S/C10H8F3NO2/c1-3-6-7(16)4-8(10(11,12)13)14-9(6)5(2)15/h3-4,15H,1-2H2,(H,14,16). The first kappa shape index (κ1) is 12.1. The predicted octanol–water partition coefficient (Wildman–Crippen LogP) is 2.57. The van der Waals surface area contributed by atoms with E-state index in [-0.39, 0.29) is 11.3 Å². The molecule has 16 heavy (non-hydrogen) atoms. The monoisotopic (exact) mass is 231 g/mol. The van der Waals surface area contributed by atoms with Crippen LogP contribution in [0.3, 0.4) is 0 Å². The van der Waals surface area contributed by atoms with Gasteiger partial charge in [0.05, 0.1) is 5.69 Å². The van der Waals surface area contributed by atoms with Gasteiger partial charge in [0.1, 0.15) is 11.5 Å². The van der Waals surface area contributed by atoms with Gasteiger partial charge in [0.25, 0.3) is 0 Å². The van der Waals surface area contributed by atoms with Crippen molar-refractivity contribution in [2.75, 3.05) is 0 Å². The number of pyridine rings is 1. The maximum absolute atomic E-state index is 12.3. The van der Waals surface area contributed by atoms with Gasteiger partial charge in [-0.3, -0.25) is 4.79 Å². The zero-order valence-electron chi connectivity index (χ0n) is 8.06. The summed E-state index contributed by atoms with van der Waals surface area (Å²) in [7, 11) is 0. The Hall–Kier alpha value is -1.98. The Balaban J connectivity index is 3.59. The van der Waals surface area contributed by atoms with Crippen LogP contribution in [0.25, 0.3) is 11.8 Å². The third-order valence-corrected chi connectivity index (χ3v) is 1.87. The summed E-state index contributed by atoms with van der Waals surface area (Å²) in [6.07, 6.45) is -3.64. The first-order valence-corrected chi connectivity index (χ1v) is 4.12. The molecule has 0 aliphatic heterocycles. The first-order chi connectivity index (χ1) is 7.27. The molecule has 0 saturated carbocycles. The molecule has 0 aliphatic carbocycles. The molecule has 0 spiro atoms. The maximum Gasteiger partial charge on any atom is 0.431 e. The van der Waals surface area contributed by atoms with Crippen LogP contribution in [0.1, 0.15) is 17.0 Å². The van der Waals surface area contributed by atoms with Crippen LogP contribution in [-0.4, -0.2) is 10.1 Å². The highest BCUT2D eigenvalue weighted by Crippen LogP contribution is 2.28. The summed E-state index contributed by atoms with van der Waals surface area (Å²) in [5.74, 6) is -0.655. The lowest BCUT2D eigenvalue weighted by atomic mass is 10.1. The number of alkyl halides is 3. The van der Waals surface area contributed by atoms with E-state index in [9.17, 15) is 18.0 Å². The summed E-state index contributed by atoms with van der Waals surface area (Å²) in [6, 6.07) is 0.406. The first-order valence-electron chi connectivity index (χ1n) is 4.12. The predicted molar refractivity (Wildman–Crippen MR) is 53.8 cm³/mol. The molecule has 1 aromatic heterocycles. The molecule has 0 unspecified atom stereocenters. The second-order valence-corrected chi connectivity index (χ2v) is 2.98. The number of hydrogen-bond acceptors (Lipinski definition) is 2. The van der Waals surface area contributed by atoms with Gasteiger partial charge in [0.15, 0.2) is 5.43 Å². The van der Waals surface area contributed by atoms with Gasteiger partial charge < -0.3 is 10.1 Å². The van der Waals surface area contributed by atoms with Crippen LogP contribution < -0.4 is 5.43 Å². The van der Waals surface area contributed by atoms with Gasteiger partial charge in [0.2, 0.25) is 0 Å². The van der Waals surface area contributed by atoms with E-state index < -0.39 is 23.1 Å². The molecule has 0 bridgehead atoms. The van der Waals surface area contributed by atoms with E-state index in [2.05, 4.69) is 13.2 Å². The number of aliphatic hydroxyl groups is 1. The Kier molecular flexibility index (Phi) is 2.93. The molecule has 3 nitrogen and oxygen atoms in total. The summed E-state index contributed by atoms with van der Waals surface area (Å²) in [5, 5.41) is 9.07. The molecular formula is C10H8F3NO2. The molecule has 0 aromatic carbocycles. The molecule has 86 valence electrons. The smallest absolute Gasteiger partial charge is 0.431 e. The lowest BCUT2D eigenvalue weighted by Gasteiger charge is -2.10. The van der Waals surface area contributed by atoms with Gasteiger partial charge in [-0.25, -0.2) is 0 Å². The van der Waals surface area contributed by atoms with Gasteiger partial charge in [0, 0.05) is 11.6 Å². The molecule has 0 amide bonds. The van der Waals surface area contributed by atoms with Crippen molar-refractivity contribution in [1.29, 1.82) is 0 Å². The molecule has 0 fully saturated rings. The van der Waals surface area contributed by atoms with Crippen molar-refractivity contribution in [2.24, 2.45) is 0 Å². The number of halogens is 3. The van der Waals surface area contributed by atoms with E-state index >= 15 is 0 Å². The van der Waals surface area contributed by atoms with E-state index in [0.717, 1.165) is 6.08 Å². The Labute approximate surface area is 88.5 Å². The normalized spacial score (nSPS) is 11.2. The zero-order chi connectivity index (χ0) is 12.5. The lowest BCUT2D eigenvalue weighted by molar-refractivity contribution is -0.141. The van der Waals surface area contributed by atoms with Crippen molar-refractivity contribution in [3.8, 4) is 0 Å². The van der Waals surface area contributed by atoms with Crippen LogP contribution in [0.2, 0.25) is 0 Å². The van der Waals surface area contributed by atoms with Crippen molar-refractivity contribution in [3.63, 3.8) is 0 Å². The van der Waals surface area contributed by atoms with Crippen LogP contribution in [-0.2, 0) is 6.18 Å². The number of nitrogens with one attached hydrogen (secondary N) is 1. The molecule has 0 atom stereocenters. The number of aromatic amines is 1. The molecule has 2 N–H and O–H groups in total. The summed E-state index contributed by atoms with van der Waals surface area (Å²) >= 11 is 0. The maximum atomic E-state index is 12.3. The second-order valence-electron chi connectivity index (χ2n) is 2.98. The van der Waals surface area contributed by atoms with Crippen LogP contribution in [0, 0.1) is 0 Å². The number of rotatable bonds is 2. The van der Waals surface area contributed by atoms with Crippen LogP contribution in [0.15, 0.2) is 24.0 Å². The average Bonchev–Trinajstić information content (AvgIpc) is 2.14. The number of H-pyrrole nitrogens is 1. The fourth-order valence-corrected chi connectivity index (χ4v) is 1.15. The summed E-state index contributed by atoms with van der Waals surface area (Å²) in [5.41, 5.74) is -2.66. The molecule has 0 saturated heterocycles. The number of aliphatic hydroxyl groups excluding tert-OH is 1. The summed E-state index contributed by atoms with van der Waals surface area (Å²) in [4.78, 5) is 13.2. The van der Waals surface area contributed by atoms with Gasteiger partial charge in [-0.15, -0.1) is 0 Å². The number of aromatic nitrogens is 1. The van der Waals surface area contributed by atoms with Crippen molar-refractivity contribution >= 4 is 11.8 Å². The Bertz CT molecular complexity index is 500. The fourth-order valence-electron chi connectivity index (χ4n) is 1.15. The summed E-state index contributed by atoms with van der Waals surface area (Å²) in [6.45, 7) is 6.34. The highest BCUT2D eigenvalue weighted by Gasteiger charge is 2.33. The third-order valence-electron chi connectivity index (χ3n) is 1.87. The Morgan fingerprint density at radius 3 is 2.44 bits per heavy atom. The van der Waals surface area contributed by atoms with Crippen LogP contribution in [0.4, 0.5) is 13.2 Å². The quantitative estimate of drug-likeness (QED) is 0.768. The van der Waals surface area contributed by atoms with Crippen molar-refractivity contribution in [1.82, 2.24) is 4.98 Å². The van der Waals surface area contributed by atoms with E-state index in [1.807, 2.05) is 4.98 Å². The molecular weight excluding hydrogens is 223 g/mol. The van der Waals surface area contributed by atoms with Gasteiger partial charge in [-0.1, -0.05) is 19.2 Å². The molecule has 1 aromatic rings. The van der Waals surface area contributed by atoms with Crippen LogP contribution in [0.5, 0.6) is 0 Å². The van der Waals surface area contributed by atoms with E-state index in [1.165, 1.54) is 0 Å². The SMILES string of the molecule is C=Cc1c(C(=C)O)[nH]c(C(F)(F)F)cc1=O. The third kappa shape index (κ3) is 2.16. The molecule has 1 heterocycles. The molecule has 0 radical (unpaired) electrons. The van der Waals surface area contributed by atoms with Gasteiger partial charge in [-0.2, -0.15) is 13.2 Å². The van der Waals surface area contributed by atoms with Crippen molar-refractivity contribution in [2.45, 2.75) is 6.18 Å². The van der Waals surface area contributed by atoms with Crippen LogP contribution >= 0.6 is 0 Å². The minimum Gasteiger partial charge on any atom is -0.506 e. The van der Waals surface area contributed by atoms with E-state index in [1.54, 1.807) is 0 Å². The average molecular weight is 231 g/mol. The molecule has 1 rings (SSSR count). The van der Waals surface area contributed by atoms with E-state index in [4.69, 9.17) is 5.11 Å². The minimum absolute atomic E-state index is 0.152. The largest absolute Gasteiger partial charge is 0.506 e. The minimum atomic E-state index is -4.69. The molecule has 6 heteroatoms. The van der Waals surface area contributed by atoms with Gasteiger partial charge >= 0.3 is 6.18 Å². The van der Waals surface area contributed by atoms with E-state index in [0.29, 0.717) is 6.07 Å². The van der Waals surface area contributed by atoms with Gasteiger partial charge in [-0.05, 0) is 0 Å². The lowest BCUT2D eigenvalue weighted by Crippen LogP contribution is -2.18. The molecule has 0 aliphatic rings. The van der Waals surface area contributed by atoms with Crippen molar-refractivity contribution in [3.05, 3.63) is 46.4 Å². The highest BCUT2D eigenvalue weighted by molar-refractivity contribution is 5.65. The highest BCUT2D eigenvalue weighted by atomic mass is 19.4. The van der Waals surface area contributed by atoms with Crippen molar-refractivity contribution < 1.29 is 18.3 Å². The Morgan fingerprint density at radius 2 is 2.06 bits per heavy atom. The topological polar surface area (TPSA) is 53.1 Å². The number of hydrogen-bond donors (Lipinski definition) is 2. The fraction of sp³-hybridized carbons (Fsp3) is 0.100. The Morgan fingerprint density at radius 1 is 1.50 bits per heavy atom. The zero-order valence-corrected chi connectivity index (χ0v) is 8.06.